The van der Waals surface area contributed by atoms with E-state index in [2.05, 4.69) is 27.4 Å². The summed E-state index contributed by atoms with van der Waals surface area (Å²) >= 11 is 0. The van der Waals surface area contributed by atoms with Crippen LogP contribution in [0.2, 0.25) is 0 Å². The SMILES string of the molecule is CC1CCCC(CO)(NC(=O)c2n[nH]c(C3CC3)n2)C1. The normalized spacial score (nSPS) is 30.2. The molecule has 1 aromatic heterocycles. The molecule has 2 saturated carbocycles. The van der Waals surface area contributed by atoms with Crippen LogP contribution in [0, 0.1) is 5.92 Å². The van der Waals surface area contributed by atoms with Crippen LogP contribution in [-0.4, -0.2) is 38.3 Å². The Morgan fingerprint density at radius 3 is 2.95 bits per heavy atom. The largest absolute Gasteiger partial charge is 0.394 e. The minimum atomic E-state index is -0.505. The van der Waals surface area contributed by atoms with Crippen LogP contribution in [-0.2, 0) is 0 Å². The van der Waals surface area contributed by atoms with Crippen molar-refractivity contribution in [3.63, 3.8) is 0 Å². The number of aliphatic hydroxyl groups is 1. The van der Waals surface area contributed by atoms with Gasteiger partial charge in [-0.2, -0.15) is 0 Å². The fourth-order valence-corrected chi connectivity index (χ4v) is 3.17. The highest BCUT2D eigenvalue weighted by atomic mass is 16.3. The number of aromatic amines is 1. The molecule has 6 nitrogen and oxygen atoms in total. The second-order valence-corrected chi connectivity index (χ2v) is 6.41. The molecular weight excluding hydrogens is 256 g/mol. The molecule has 2 aliphatic carbocycles. The number of nitrogens with one attached hydrogen (secondary N) is 2. The van der Waals surface area contributed by atoms with Crippen LogP contribution in [0.1, 0.15) is 67.8 Å². The van der Waals surface area contributed by atoms with E-state index in [0.29, 0.717) is 11.8 Å². The zero-order valence-corrected chi connectivity index (χ0v) is 11.9. The van der Waals surface area contributed by atoms with Crippen LogP contribution in [0.25, 0.3) is 0 Å². The minimum absolute atomic E-state index is 0.0248. The van der Waals surface area contributed by atoms with E-state index in [1.807, 2.05) is 0 Å². The molecule has 0 aromatic carbocycles. The monoisotopic (exact) mass is 278 g/mol. The summed E-state index contributed by atoms with van der Waals surface area (Å²) in [6, 6.07) is 0. The first-order valence-electron chi connectivity index (χ1n) is 7.47. The Morgan fingerprint density at radius 2 is 2.30 bits per heavy atom. The van der Waals surface area contributed by atoms with E-state index in [1.165, 1.54) is 0 Å². The maximum Gasteiger partial charge on any atom is 0.291 e. The summed E-state index contributed by atoms with van der Waals surface area (Å²) < 4.78 is 0. The van der Waals surface area contributed by atoms with Crippen LogP contribution in [0.4, 0.5) is 0 Å². The molecule has 0 radical (unpaired) electrons. The third-order valence-electron chi connectivity index (χ3n) is 4.44. The number of amides is 1. The number of aliphatic hydroxyl groups excluding tert-OH is 1. The van der Waals surface area contributed by atoms with Crippen molar-refractivity contribution in [3.05, 3.63) is 11.6 Å². The third kappa shape index (κ3) is 2.70. The number of rotatable bonds is 4. The molecule has 6 heteroatoms. The first-order valence-corrected chi connectivity index (χ1v) is 7.47. The van der Waals surface area contributed by atoms with Gasteiger partial charge >= 0.3 is 0 Å². The van der Waals surface area contributed by atoms with E-state index in [1.54, 1.807) is 0 Å². The predicted octanol–water partition coefficient (Wildman–Crippen LogP) is 1.35. The first kappa shape index (κ1) is 13.5. The van der Waals surface area contributed by atoms with Gasteiger partial charge in [0.15, 0.2) is 0 Å². The molecule has 2 atom stereocenters. The highest BCUT2D eigenvalue weighted by molar-refractivity contribution is 5.90. The maximum absolute atomic E-state index is 12.3. The molecule has 3 rings (SSSR count). The molecule has 0 aliphatic heterocycles. The summed E-state index contributed by atoms with van der Waals surface area (Å²) in [7, 11) is 0. The molecule has 110 valence electrons. The number of H-pyrrole nitrogens is 1. The van der Waals surface area contributed by atoms with Gasteiger partial charge in [-0.3, -0.25) is 9.89 Å². The van der Waals surface area contributed by atoms with Crippen molar-refractivity contribution in [1.82, 2.24) is 20.5 Å². The smallest absolute Gasteiger partial charge is 0.291 e. The Hall–Kier alpha value is -1.43. The summed E-state index contributed by atoms with van der Waals surface area (Å²) in [5.41, 5.74) is -0.505. The Balaban J connectivity index is 1.69. The van der Waals surface area contributed by atoms with E-state index >= 15 is 0 Å². The highest BCUT2D eigenvalue weighted by Crippen LogP contribution is 2.37. The minimum Gasteiger partial charge on any atom is -0.394 e. The van der Waals surface area contributed by atoms with Gasteiger partial charge in [0.25, 0.3) is 5.91 Å². The van der Waals surface area contributed by atoms with Gasteiger partial charge in [-0.15, -0.1) is 5.10 Å². The molecule has 0 bridgehead atoms. The molecule has 0 saturated heterocycles. The quantitative estimate of drug-likeness (QED) is 0.775. The van der Waals surface area contributed by atoms with Gasteiger partial charge in [-0.25, -0.2) is 4.98 Å². The van der Waals surface area contributed by atoms with E-state index < -0.39 is 5.54 Å². The van der Waals surface area contributed by atoms with E-state index in [4.69, 9.17) is 0 Å². The Morgan fingerprint density at radius 1 is 1.50 bits per heavy atom. The van der Waals surface area contributed by atoms with Gasteiger partial charge in [0.1, 0.15) is 5.82 Å². The topological polar surface area (TPSA) is 90.9 Å². The van der Waals surface area contributed by atoms with Crippen LogP contribution >= 0.6 is 0 Å². The standard InChI is InChI=1S/C14H22N4O2/c1-9-3-2-6-14(7-9,8-19)16-13(20)12-15-11(17-18-12)10-4-5-10/h9-10,19H,2-8H2,1H3,(H,16,20)(H,15,17,18). The molecule has 1 heterocycles. The lowest BCUT2D eigenvalue weighted by Crippen LogP contribution is -2.54. The van der Waals surface area contributed by atoms with Crippen LogP contribution < -0.4 is 5.32 Å². The number of hydrogen-bond donors (Lipinski definition) is 3. The number of aromatic nitrogens is 3. The number of carbonyl (C=O) groups is 1. The van der Waals surface area contributed by atoms with Crippen LogP contribution in [0.5, 0.6) is 0 Å². The molecule has 20 heavy (non-hydrogen) atoms. The van der Waals surface area contributed by atoms with Crippen molar-refractivity contribution < 1.29 is 9.90 Å². The van der Waals surface area contributed by atoms with Crippen molar-refractivity contribution in [3.8, 4) is 0 Å². The lowest BCUT2D eigenvalue weighted by molar-refractivity contribution is 0.0688. The van der Waals surface area contributed by atoms with E-state index in [0.717, 1.165) is 44.3 Å². The molecule has 1 aromatic rings. The van der Waals surface area contributed by atoms with Gasteiger partial charge in [0.2, 0.25) is 5.82 Å². The molecule has 3 N–H and O–H groups in total. The number of nitrogens with zero attached hydrogens (tertiary/aromatic N) is 2. The zero-order valence-electron chi connectivity index (χ0n) is 11.9. The van der Waals surface area contributed by atoms with Crippen LogP contribution in [0.3, 0.4) is 0 Å². The summed E-state index contributed by atoms with van der Waals surface area (Å²) in [6.45, 7) is 2.14. The maximum atomic E-state index is 12.3. The molecule has 2 unspecified atom stereocenters. The summed E-state index contributed by atoms with van der Waals surface area (Å²) in [6.07, 6.45) is 6.06. The number of hydrogen-bond acceptors (Lipinski definition) is 4. The predicted molar refractivity (Wildman–Crippen MR) is 73.3 cm³/mol. The zero-order chi connectivity index (χ0) is 14.2. The average Bonchev–Trinajstić information content (AvgIpc) is 3.16. The fraction of sp³-hybridized carbons (Fsp3) is 0.786. The van der Waals surface area contributed by atoms with Crippen molar-refractivity contribution in [1.29, 1.82) is 0 Å². The molecular formula is C14H22N4O2. The second-order valence-electron chi connectivity index (χ2n) is 6.41. The fourth-order valence-electron chi connectivity index (χ4n) is 3.17. The third-order valence-corrected chi connectivity index (χ3v) is 4.44. The van der Waals surface area contributed by atoms with Gasteiger partial charge in [-0.1, -0.05) is 19.8 Å². The van der Waals surface area contributed by atoms with Gasteiger partial charge < -0.3 is 10.4 Å². The van der Waals surface area contributed by atoms with Gasteiger partial charge in [-0.05, 0) is 31.6 Å². The van der Waals surface area contributed by atoms with Crippen molar-refractivity contribution in [2.45, 2.75) is 56.9 Å². The van der Waals surface area contributed by atoms with Crippen molar-refractivity contribution in [2.75, 3.05) is 6.61 Å². The van der Waals surface area contributed by atoms with Gasteiger partial charge in [0, 0.05) is 5.92 Å². The lowest BCUT2D eigenvalue weighted by Gasteiger charge is -2.39. The lowest BCUT2D eigenvalue weighted by atomic mass is 9.77. The first-order chi connectivity index (χ1) is 9.62. The summed E-state index contributed by atoms with van der Waals surface area (Å²) in [5.74, 6) is 1.69. The Kier molecular flexibility index (Phi) is 3.50. The Labute approximate surface area is 118 Å². The second kappa shape index (κ2) is 5.16. The summed E-state index contributed by atoms with van der Waals surface area (Å²) in [5, 5.41) is 19.5. The molecule has 2 aliphatic rings. The molecule has 1 amide bonds. The highest BCUT2D eigenvalue weighted by Gasteiger charge is 2.37. The van der Waals surface area contributed by atoms with Crippen molar-refractivity contribution >= 4 is 5.91 Å². The molecule has 2 fully saturated rings. The van der Waals surface area contributed by atoms with Gasteiger partial charge in [0.05, 0.1) is 12.1 Å². The van der Waals surface area contributed by atoms with Crippen molar-refractivity contribution in [2.24, 2.45) is 5.92 Å². The molecule has 0 spiro atoms. The number of carbonyl (C=O) groups excluding carboxylic acids is 1. The average molecular weight is 278 g/mol. The van der Waals surface area contributed by atoms with E-state index in [9.17, 15) is 9.90 Å². The van der Waals surface area contributed by atoms with Crippen LogP contribution in [0.15, 0.2) is 0 Å². The Bertz CT molecular complexity index is 497. The summed E-state index contributed by atoms with van der Waals surface area (Å²) in [4.78, 5) is 16.5. The van der Waals surface area contributed by atoms with E-state index in [-0.39, 0.29) is 18.3 Å².